The third-order valence-corrected chi connectivity index (χ3v) is 1.88. The van der Waals surface area contributed by atoms with Crippen molar-refractivity contribution in [3.8, 4) is 5.75 Å². The maximum atomic E-state index is 10.9. The molecule has 0 radical (unpaired) electrons. The topological polar surface area (TPSA) is 83.8 Å². The molecule has 0 bridgehead atoms. The molecule has 0 aromatic heterocycles. The van der Waals surface area contributed by atoms with Gasteiger partial charge in [-0.1, -0.05) is 12.1 Å². The molecule has 0 unspecified atom stereocenters. The molecule has 0 aliphatic rings. The Morgan fingerprint density at radius 3 is 2.50 bits per heavy atom. The van der Waals surface area contributed by atoms with E-state index in [9.17, 15) is 9.59 Å². The quantitative estimate of drug-likeness (QED) is 0.749. The van der Waals surface area contributed by atoms with Crippen LogP contribution in [0.3, 0.4) is 0 Å². The Bertz CT molecular complexity index is 447. The first-order chi connectivity index (χ1) is 7.54. The number of ether oxygens (including phenoxy) is 1. The van der Waals surface area contributed by atoms with Gasteiger partial charge in [-0.15, -0.1) is 0 Å². The molecule has 84 valence electrons. The molecule has 16 heavy (non-hydrogen) atoms. The molecule has 0 saturated heterocycles. The van der Waals surface area contributed by atoms with Crippen molar-refractivity contribution in [1.82, 2.24) is 0 Å². The molecule has 1 aromatic rings. The molecule has 0 aliphatic heterocycles. The summed E-state index contributed by atoms with van der Waals surface area (Å²) in [7, 11) is 1.44. The van der Waals surface area contributed by atoms with Gasteiger partial charge in [-0.05, 0) is 17.7 Å². The highest BCUT2D eigenvalue weighted by Gasteiger charge is 2.12. The number of aliphatic carboxylic acids is 2. The van der Waals surface area contributed by atoms with Crippen molar-refractivity contribution >= 4 is 17.5 Å². The Labute approximate surface area is 91.6 Å². The number of methoxy groups -OCH3 is 1. The number of benzene rings is 1. The van der Waals surface area contributed by atoms with Gasteiger partial charge < -0.3 is 14.9 Å². The van der Waals surface area contributed by atoms with Crippen molar-refractivity contribution in [1.29, 1.82) is 0 Å². The van der Waals surface area contributed by atoms with Crippen molar-refractivity contribution in [3.05, 3.63) is 35.9 Å². The normalized spacial score (nSPS) is 10.9. The van der Waals surface area contributed by atoms with E-state index in [1.807, 2.05) is 0 Å². The standard InChI is InChI=1S/C11H10O5/c1-16-8-4-2-3-7(5-8)9(11(14)15)6-10(12)13/h2-6H,1H3,(H,12,13)(H,14,15)/b9-6-. The van der Waals surface area contributed by atoms with Crippen LogP contribution in [0.2, 0.25) is 0 Å². The third kappa shape index (κ3) is 2.84. The van der Waals surface area contributed by atoms with E-state index in [-0.39, 0.29) is 11.1 Å². The molecule has 0 saturated carbocycles. The highest BCUT2D eigenvalue weighted by molar-refractivity contribution is 6.19. The van der Waals surface area contributed by atoms with Gasteiger partial charge >= 0.3 is 11.9 Å². The average Bonchev–Trinajstić information content (AvgIpc) is 2.25. The average molecular weight is 222 g/mol. The van der Waals surface area contributed by atoms with E-state index < -0.39 is 11.9 Å². The Morgan fingerprint density at radius 1 is 1.31 bits per heavy atom. The van der Waals surface area contributed by atoms with E-state index in [2.05, 4.69) is 0 Å². The molecule has 0 aliphatic carbocycles. The molecule has 0 atom stereocenters. The summed E-state index contributed by atoms with van der Waals surface area (Å²) in [6.07, 6.45) is 0.650. The fraction of sp³-hybridized carbons (Fsp3) is 0.0909. The second-order valence-electron chi connectivity index (χ2n) is 2.93. The van der Waals surface area contributed by atoms with E-state index in [1.54, 1.807) is 12.1 Å². The Hall–Kier alpha value is -2.30. The molecular formula is C11H10O5. The van der Waals surface area contributed by atoms with Crippen molar-refractivity contribution < 1.29 is 24.5 Å². The number of carboxylic acid groups (broad SMARTS) is 2. The van der Waals surface area contributed by atoms with Crippen LogP contribution in [0.5, 0.6) is 5.75 Å². The van der Waals surface area contributed by atoms with Gasteiger partial charge in [-0.3, -0.25) is 0 Å². The largest absolute Gasteiger partial charge is 0.497 e. The lowest BCUT2D eigenvalue weighted by atomic mass is 10.1. The SMILES string of the molecule is COc1cccc(/C(=C/C(=O)O)C(=O)O)c1. The third-order valence-electron chi connectivity index (χ3n) is 1.88. The van der Waals surface area contributed by atoms with Crippen LogP contribution < -0.4 is 4.74 Å². The zero-order valence-corrected chi connectivity index (χ0v) is 8.51. The molecule has 2 N–H and O–H groups in total. The zero-order valence-electron chi connectivity index (χ0n) is 8.51. The minimum absolute atomic E-state index is 0.286. The first-order valence-corrected chi connectivity index (χ1v) is 4.37. The highest BCUT2D eigenvalue weighted by atomic mass is 16.5. The summed E-state index contributed by atoms with van der Waals surface area (Å²) in [6, 6.07) is 6.20. The molecule has 5 heteroatoms. The van der Waals surface area contributed by atoms with Gasteiger partial charge in [0.2, 0.25) is 0 Å². The van der Waals surface area contributed by atoms with Crippen LogP contribution in [0.4, 0.5) is 0 Å². The minimum Gasteiger partial charge on any atom is -0.497 e. The summed E-state index contributed by atoms with van der Waals surface area (Å²) < 4.78 is 4.92. The lowest BCUT2D eigenvalue weighted by molar-refractivity contribution is -0.133. The number of hydrogen-bond acceptors (Lipinski definition) is 3. The van der Waals surface area contributed by atoms with Gasteiger partial charge in [-0.25, -0.2) is 9.59 Å². The lowest BCUT2D eigenvalue weighted by Crippen LogP contribution is -2.03. The highest BCUT2D eigenvalue weighted by Crippen LogP contribution is 2.20. The summed E-state index contributed by atoms with van der Waals surface area (Å²) in [5.74, 6) is -2.13. The number of hydrogen-bond donors (Lipinski definition) is 2. The van der Waals surface area contributed by atoms with E-state index >= 15 is 0 Å². The minimum atomic E-state index is -1.31. The second kappa shape index (κ2) is 4.97. The smallest absolute Gasteiger partial charge is 0.336 e. The van der Waals surface area contributed by atoms with Crippen molar-refractivity contribution in [2.45, 2.75) is 0 Å². The number of rotatable bonds is 4. The second-order valence-corrected chi connectivity index (χ2v) is 2.93. The maximum absolute atomic E-state index is 10.9. The fourth-order valence-electron chi connectivity index (χ4n) is 1.18. The van der Waals surface area contributed by atoms with Crippen molar-refractivity contribution in [2.24, 2.45) is 0 Å². The van der Waals surface area contributed by atoms with Crippen LogP contribution in [0.1, 0.15) is 5.56 Å². The summed E-state index contributed by atoms with van der Waals surface area (Å²) in [6.45, 7) is 0. The van der Waals surface area contributed by atoms with Gasteiger partial charge in [0, 0.05) is 6.08 Å². The zero-order chi connectivity index (χ0) is 12.1. The van der Waals surface area contributed by atoms with Crippen LogP contribution in [-0.2, 0) is 9.59 Å². The predicted octanol–water partition coefficient (Wildman–Crippen LogP) is 1.25. The summed E-state index contributed by atoms with van der Waals surface area (Å²) in [4.78, 5) is 21.3. The molecule has 0 spiro atoms. The van der Waals surface area contributed by atoms with Crippen molar-refractivity contribution in [3.63, 3.8) is 0 Å². The van der Waals surface area contributed by atoms with Crippen LogP contribution in [0.25, 0.3) is 5.57 Å². The fourth-order valence-corrected chi connectivity index (χ4v) is 1.18. The molecule has 0 amide bonds. The van der Waals surface area contributed by atoms with Crippen molar-refractivity contribution in [2.75, 3.05) is 7.11 Å². The van der Waals surface area contributed by atoms with E-state index in [0.717, 1.165) is 0 Å². The first kappa shape index (κ1) is 11.8. The Kier molecular flexibility index (Phi) is 3.66. The summed E-state index contributed by atoms with van der Waals surface area (Å²) in [5, 5.41) is 17.4. The lowest BCUT2D eigenvalue weighted by Gasteiger charge is -2.04. The number of carbonyl (C=O) groups is 2. The Morgan fingerprint density at radius 2 is 2.00 bits per heavy atom. The molecular weight excluding hydrogens is 212 g/mol. The first-order valence-electron chi connectivity index (χ1n) is 4.37. The van der Waals surface area contributed by atoms with E-state index in [4.69, 9.17) is 14.9 Å². The summed E-state index contributed by atoms with van der Waals surface area (Å²) in [5.41, 5.74) is 0.000602. The van der Waals surface area contributed by atoms with Crippen LogP contribution in [0, 0.1) is 0 Å². The predicted molar refractivity (Wildman–Crippen MR) is 56.2 cm³/mol. The molecule has 5 nitrogen and oxygen atoms in total. The van der Waals surface area contributed by atoms with Crippen LogP contribution >= 0.6 is 0 Å². The van der Waals surface area contributed by atoms with E-state index in [1.165, 1.54) is 19.2 Å². The maximum Gasteiger partial charge on any atom is 0.336 e. The molecule has 1 rings (SSSR count). The Balaban J connectivity index is 3.21. The van der Waals surface area contributed by atoms with Crippen LogP contribution in [-0.4, -0.2) is 29.3 Å². The number of carboxylic acids is 2. The van der Waals surface area contributed by atoms with E-state index in [0.29, 0.717) is 11.8 Å². The van der Waals surface area contributed by atoms with Gasteiger partial charge in [0.25, 0.3) is 0 Å². The van der Waals surface area contributed by atoms with Gasteiger partial charge in [0.1, 0.15) is 5.75 Å². The monoisotopic (exact) mass is 222 g/mol. The van der Waals surface area contributed by atoms with Gasteiger partial charge in [0.15, 0.2) is 0 Å². The van der Waals surface area contributed by atoms with Gasteiger partial charge in [0.05, 0.1) is 12.7 Å². The van der Waals surface area contributed by atoms with Gasteiger partial charge in [-0.2, -0.15) is 0 Å². The van der Waals surface area contributed by atoms with Crippen LogP contribution in [0.15, 0.2) is 30.3 Å². The molecule has 1 aromatic carbocycles. The molecule has 0 heterocycles. The molecule has 0 fully saturated rings. The summed E-state index contributed by atoms with van der Waals surface area (Å²) >= 11 is 0.